The zero-order valence-electron chi connectivity index (χ0n) is 19.0. The van der Waals surface area contributed by atoms with Gasteiger partial charge >= 0.3 is 0 Å². The standard InChI is InChI=1S/C24H30ClFN6O/c1-17-14-30(15-19-3-8-23(26)9-4-19)11-12-31(17)24(33)10-6-20-5-7-22(25)13-21(20)16-32(28)18(2)29-27/h3-10,13,17H,11-12,14-16,27-28H2,1-2H3/p+1/b10-6+/t17-/m1/s1. The minimum Gasteiger partial charge on any atom is -0.334 e. The van der Waals surface area contributed by atoms with Gasteiger partial charge in [0.1, 0.15) is 12.4 Å². The molecule has 0 aliphatic carbocycles. The average molecular weight is 474 g/mol. The van der Waals surface area contributed by atoms with E-state index < -0.39 is 0 Å². The number of benzene rings is 2. The third kappa shape index (κ3) is 6.77. The molecule has 2 aromatic carbocycles. The van der Waals surface area contributed by atoms with E-state index in [1.807, 2.05) is 24.0 Å². The maximum Gasteiger partial charge on any atom is 0.282 e. The second kappa shape index (κ2) is 11.3. The predicted molar refractivity (Wildman–Crippen MR) is 129 cm³/mol. The highest BCUT2D eigenvalue weighted by molar-refractivity contribution is 6.30. The third-order valence-electron chi connectivity index (χ3n) is 5.81. The molecule has 7 nitrogen and oxygen atoms in total. The predicted octanol–water partition coefficient (Wildman–Crippen LogP) is 2.49. The van der Waals surface area contributed by atoms with Crippen molar-refractivity contribution < 1.29 is 13.9 Å². The van der Waals surface area contributed by atoms with Gasteiger partial charge < -0.3 is 4.90 Å². The van der Waals surface area contributed by atoms with E-state index in [1.165, 1.54) is 16.8 Å². The summed E-state index contributed by atoms with van der Waals surface area (Å²) >= 11 is 6.17. The van der Waals surface area contributed by atoms with E-state index in [9.17, 15) is 9.18 Å². The van der Waals surface area contributed by atoms with Crippen LogP contribution >= 0.6 is 11.6 Å². The van der Waals surface area contributed by atoms with E-state index in [0.29, 0.717) is 23.9 Å². The number of hydrazone groups is 1. The van der Waals surface area contributed by atoms with E-state index in [1.54, 1.807) is 37.3 Å². The highest BCUT2D eigenvalue weighted by Crippen LogP contribution is 2.19. The molecule has 0 bridgehead atoms. The van der Waals surface area contributed by atoms with E-state index in [-0.39, 0.29) is 17.8 Å². The maximum atomic E-state index is 13.1. The molecule has 5 N–H and O–H groups in total. The normalized spacial score (nSPS) is 17.8. The zero-order chi connectivity index (χ0) is 24.0. The molecule has 33 heavy (non-hydrogen) atoms. The number of nitrogens with two attached hydrogens (primary N) is 2. The van der Waals surface area contributed by atoms with Gasteiger partial charge in [0.15, 0.2) is 0 Å². The van der Waals surface area contributed by atoms with Gasteiger partial charge in [0.2, 0.25) is 5.91 Å². The van der Waals surface area contributed by atoms with Crippen LogP contribution in [0.1, 0.15) is 30.5 Å². The number of carbonyl (C=O) groups is 1. The number of hydrazine groups is 2. The largest absolute Gasteiger partial charge is 0.334 e. The van der Waals surface area contributed by atoms with Crippen molar-refractivity contribution >= 4 is 29.4 Å². The van der Waals surface area contributed by atoms with Crippen LogP contribution in [0.3, 0.4) is 0 Å². The molecule has 2 aromatic rings. The van der Waals surface area contributed by atoms with Crippen LogP contribution in [0.5, 0.6) is 0 Å². The Morgan fingerprint density at radius 3 is 2.67 bits per heavy atom. The summed E-state index contributed by atoms with van der Waals surface area (Å²) in [5, 5.41) is 0.589. The molecule has 1 heterocycles. The van der Waals surface area contributed by atoms with Crippen molar-refractivity contribution in [2.45, 2.75) is 33.0 Å². The summed E-state index contributed by atoms with van der Waals surface area (Å²) in [6.45, 7) is 7.07. The number of hydrogen-bond acceptors (Lipinski definition) is 4. The lowest BCUT2D eigenvalue weighted by Crippen LogP contribution is -2.53. The highest BCUT2D eigenvalue weighted by atomic mass is 35.5. The number of nitrogens with zero attached hydrogens (tertiary/aromatic N) is 3. The molecule has 1 saturated heterocycles. The first-order chi connectivity index (χ1) is 15.8. The lowest BCUT2D eigenvalue weighted by molar-refractivity contribution is -0.558. The Morgan fingerprint density at radius 1 is 1.27 bits per heavy atom. The lowest BCUT2D eigenvalue weighted by Gasteiger charge is -2.39. The zero-order valence-corrected chi connectivity index (χ0v) is 19.7. The molecule has 1 aliphatic rings. The fourth-order valence-electron chi connectivity index (χ4n) is 3.87. The monoisotopic (exact) mass is 473 g/mol. The summed E-state index contributed by atoms with van der Waals surface area (Å²) < 4.78 is 14.6. The molecule has 1 atom stereocenters. The summed E-state index contributed by atoms with van der Waals surface area (Å²) in [6, 6.07) is 12.1. The van der Waals surface area contributed by atoms with Crippen molar-refractivity contribution in [3.8, 4) is 0 Å². The molecule has 176 valence electrons. The molecule has 0 spiro atoms. The van der Waals surface area contributed by atoms with Crippen molar-refractivity contribution in [3.05, 3.63) is 76.1 Å². The summed E-state index contributed by atoms with van der Waals surface area (Å²) in [7, 11) is 0. The summed E-state index contributed by atoms with van der Waals surface area (Å²) in [4.78, 5) is 17.1. The Morgan fingerprint density at radius 2 is 2.00 bits per heavy atom. The van der Waals surface area contributed by atoms with Crippen molar-refractivity contribution in [3.63, 3.8) is 0 Å². The van der Waals surface area contributed by atoms with Crippen LogP contribution in [0.4, 0.5) is 4.39 Å². The van der Waals surface area contributed by atoms with Crippen LogP contribution in [0.15, 0.2) is 48.5 Å². The number of rotatable bonds is 6. The van der Waals surface area contributed by atoms with E-state index >= 15 is 0 Å². The van der Waals surface area contributed by atoms with Gasteiger partial charge in [0, 0.05) is 55.8 Å². The molecule has 0 aromatic heterocycles. The number of nitrogens with one attached hydrogen (secondary N) is 1. The van der Waals surface area contributed by atoms with Crippen molar-refractivity contribution in [2.75, 3.05) is 19.6 Å². The SMILES string of the molecule is C/C(NN)=[N+](/N)Cc1cc(Cl)ccc1/C=C/C(=O)N1CCN(Cc2ccc(F)cc2)C[C@H]1C. The number of carbonyl (C=O) groups excluding carboxylic acids is 1. The Hall–Kier alpha value is -2.94. The van der Waals surface area contributed by atoms with Crippen LogP contribution < -0.4 is 17.1 Å². The van der Waals surface area contributed by atoms with Gasteiger partial charge in [-0.1, -0.05) is 29.8 Å². The van der Waals surface area contributed by atoms with Crippen molar-refractivity contribution in [1.29, 1.82) is 0 Å². The third-order valence-corrected chi connectivity index (χ3v) is 6.04. The summed E-state index contributed by atoms with van der Waals surface area (Å²) in [5.41, 5.74) is 5.32. The quantitative estimate of drug-likeness (QED) is 0.150. The first-order valence-electron chi connectivity index (χ1n) is 10.8. The lowest BCUT2D eigenvalue weighted by atomic mass is 10.1. The first-order valence-corrected chi connectivity index (χ1v) is 11.2. The molecule has 0 saturated carbocycles. The second-order valence-corrected chi connectivity index (χ2v) is 8.71. The molecule has 9 heteroatoms. The van der Waals surface area contributed by atoms with E-state index in [0.717, 1.165) is 36.3 Å². The molecular formula is C24H31ClFN6O+. The van der Waals surface area contributed by atoms with Gasteiger partial charge in [0.25, 0.3) is 5.84 Å². The molecule has 0 radical (unpaired) electrons. The Labute approximate surface area is 199 Å². The van der Waals surface area contributed by atoms with Gasteiger partial charge in [-0.05, 0) is 48.4 Å². The number of amidine groups is 1. The van der Waals surface area contributed by atoms with Gasteiger partial charge in [-0.25, -0.2) is 9.82 Å². The van der Waals surface area contributed by atoms with Gasteiger partial charge in [-0.2, -0.15) is 10.5 Å². The molecule has 3 rings (SSSR count). The Bertz CT molecular complexity index is 1040. The maximum absolute atomic E-state index is 13.1. The van der Waals surface area contributed by atoms with Crippen LogP contribution in [0.2, 0.25) is 5.02 Å². The number of hydrogen-bond donors (Lipinski definition) is 3. The second-order valence-electron chi connectivity index (χ2n) is 8.28. The fourth-order valence-corrected chi connectivity index (χ4v) is 4.06. The molecule has 1 aliphatic heterocycles. The molecule has 1 fully saturated rings. The topological polar surface area (TPSA) is 90.6 Å². The van der Waals surface area contributed by atoms with Crippen LogP contribution in [-0.2, 0) is 17.9 Å². The van der Waals surface area contributed by atoms with Gasteiger partial charge in [-0.3, -0.25) is 15.5 Å². The number of piperazine rings is 1. The Balaban J connectivity index is 1.64. The minimum atomic E-state index is -0.235. The van der Waals surface area contributed by atoms with Crippen LogP contribution in [-0.4, -0.2) is 51.9 Å². The van der Waals surface area contributed by atoms with Gasteiger partial charge in [0.05, 0.1) is 0 Å². The van der Waals surface area contributed by atoms with Crippen LogP contribution in [0.25, 0.3) is 6.08 Å². The van der Waals surface area contributed by atoms with Crippen LogP contribution in [0, 0.1) is 5.82 Å². The van der Waals surface area contributed by atoms with E-state index in [4.69, 9.17) is 23.3 Å². The fraction of sp³-hybridized carbons (Fsp3) is 0.333. The smallest absolute Gasteiger partial charge is 0.282 e. The number of halogens is 2. The van der Waals surface area contributed by atoms with Crippen molar-refractivity contribution in [2.24, 2.45) is 11.7 Å². The van der Waals surface area contributed by atoms with E-state index in [2.05, 4.69) is 10.3 Å². The highest BCUT2D eigenvalue weighted by Gasteiger charge is 2.26. The Kier molecular flexibility index (Phi) is 8.43. The summed E-state index contributed by atoms with van der Waals surface area (Å²) in [5.74, 6) is 11.8. The molecular weight excluding hydrogens is 443 g/mol. The van der Waals surface area contributed by atoms with Gasteiger partial charge in [-0.15, -0.1) is 0 Å². The first kappa shape index (κ1) is 24.7. The summed E-state index contributed by atoms with van der Waals surface area (Å²) in [6.07, 6.45) is 3.39. The number of amides is 1. The molecule has 1 amide bonds. The molecule has 0 unspecified atom stereocenters. The average Bonchev–Trinajstić information content (AvgIpc) is 2.79. The minimum absolute atomic E-state index is 0.0409. The van der Waals surface area contributed by atoms with Crippen molar-refractivity contribution in [1.82, 2.24) is 15.2 Å².